The van der Waals surface area contributed by atoms with E-state index in [9.17, 15) is 0 Å². The van der Waals surface area contributed by atoms with Crippen LogP contribution in [-0.2, 0) is 0 Å². The van der Waals surface area contributed by atoms with Crippen LogP contribution in [0.3, 0.4) is 0 Å². The summed E-state index contributed by atoms with van der Waals surface area (Å²) in [5.41, 5.74) is 1.88. The molecule has 5 heteroatoms. The Kier molecular flexibility index (Phi) is 3.98. The lowest BCUT2D eigenvalue weighted by Gasteiger charge is -2.28. The predicted octanol–water partition coefficient (Wildman–Crippen LogP) is 5.74. The number of benzene rings is 2. The van der Waals surface area contributed by atoms with Crippen molar-refractivity contribution >= 4 is 11.0 Å². The van der Waals surface area contributed by atoms with Gasteiger partial charge in [0.1, 0.15) is 29.1 Å². The minimum absolute atomic E-state index is 0.525. The maximum atomic E-state index is 6.09. The molecule has 0 N–H and O–H groups in total. The van der Waals surface area contributed by atoms with E-state index in [4.69, 9.17) is 9.47 Å². The zero-order chi connectivity index (χ0) is 18.1. The smallest absolute Gasteiger partial charge is 0.247 e. The summed E-state index contributed by atoms with van der Waals surface area (Å²) >= 11 is 0. The highest BCUT2D eigenvalue weighted by atomic mass is 16.5. The Hall–Kier alpha value is -3.34. The average Bonchev–Trinajstić information content (AvgIpc) is 3.08. The zero-order valence-corrected chi connectivity index (χ0v) is 14.8. The van der Waals surface area contributed by atoms with Gasteiger partial charge in [-0.3, -0.25) is 0 Å². The second kappa shape index (κ2) is 6.76. The predicted molar refractivity (Wildman–Crippen MR) is 103 cm³/mol. The van der Waals surface area contributed by atoms with E-state index in [0.717, 1.165) is 28.3 Å². The van der Waals surface area contributed by atoms with Crippen molar-refractivity contribution in [3.8, 4) is 23.1 Å². The molecule has 2 heterocycles. The summed E-state index contributed by atoms with van der Waals surface area (Å²) in [6.07, 6.45) is 7.31. The molecule has 0 aliphatic heterocycles. The lowest BCUT2D eigenvalue weighted by atomic mass is 9.93. The van der Waals surface area contributed by atoms with Gasteiger partial charge in [-0.15, -0.1) is 0 Å². The van der Waals surface area contributed by atoms with Gasteiger partial charge >= 0.3 is 0 Å². The summed E-state index contributed by atoms with van der Waals surface area (Å²) in [4.78, 5) is 8.75. The van der Waals surface area contributed by atoms with Gasteiger partial charge in [-0.05, 0) is 61.7 Å². The first-order valence-electron chi connectivity index (χ1n) is 9.19. The fourth-order valence-electron chi connectivity index (χ4n) is 3.32. The SMILES string of the molecule is c1ccc(Oc2ccc(Oc3ncnc4ccn(C5CCC5)c34)cc2)cc1. The minimum Gasteiger partial charge on any atom is -0.457 e. The number of para-hydroxylation sites is 1. The van der Waals surface area contributed by atoms with Gasteiger partial charge in [-0.25, -0.2) is 4.98 Å². The fraction of sp³-hybridized carbons (Fsp3) is 0.182. The van der Waals surface area contributed by atoms with Gasteiger partial charge < -0.3 is 14.0 Å². The Labute approximate surface area is 157 Å². The van der Waals surface area contributed by atoms with Gasteiger partial charge in [0.2, 0.25) is 5.88 Å². The van der Waals surface area contributed by atoms with Crippen LogP contribution in [0.4, 0.5) is 0 Å². The number of ether oxygens (including phenoxy) is 2. The highest BCUT2D eigenvalue weighted by molar-refractivity contribution is 5.81. The maximum Gasteiger partial charge on any atom is 0.247 e. The van der Waals surface area contributed by atoms with Gasteiger partial charge in [0, 0.05) is 12.2 Å². The van der Waals surface area contributed by atoms with E-state index in [1.807, 2.05) is 60.7 Å². The summed E-state index contributed by atoms with van der Waals surface area (Å²) in [6, 6.07) is 19.8. The highest BCUT2D eigenvalue weighted by Gasteiger charge is 2.23. The largest absolute Gasteiger partial charge is 0.457 e. The van der Waals surface area contributed by atoms with E-state index in [1.54, 1.807) is 6.33 Å². The lowest BCUT2D eigenvalue weighted by Crippen LogP contribution is -2.16. The van der Waals surface area contributed by atoms with Gasteiger partial charge in [-0.1, -0.05) is 18.2 Å². The van der Waals surface area contributed by atoms with E-state index in [0.29, 0.717) is 11.9 Å². The summed E-state index contributed by atoms with van der Waals surface area (Å²) in [5, 5.41) is 0. The fourth-order valence-corrected chi connectivity index (χ4v) is 3.32. The average molecular weight is 357 g/mol. The monoisotopic (exact) mass is 357 g/mol. The van der Waals surface area contributed by atoms with Crippen LogP contribution < -0.4 is 9.47 Å². The van der Waals surface area contributed by atoms with Crippen molar-refractivity contribution in [1.29, 1.82) is 0 Å². The molecule has 134 valence electrons. The first kappa shape index (κ1) is 15.9. The van der Waals surface area contributed by atoms with Gasteiger partial charge in [0.25, 0.3) is 0 Å². The third-order valence-corrected chi connectivity index (χ3v) is 4.95. The molecule has 4 aromatic rings. The summed E-state index contributed by atoms with van der Waals surface area (Å²) in [7, 11) is 0. The normalized spacial score (nSPS) is 14.1. The van der Waals surface area contributed by atoms with Crippen LogP contribution in [0.1, 0.15) is 25.3 Å². The minimum atomic E-state index is 0.525. The summed E-state index contributed by atoms with van der Waals surface area (Å²) < 4.78 is 14.2. The highest BCUT2D eigenvalue weighted by Crippen LogP contribution is 2.37. The number of aromatic nitrogens is 3. The van der Waals surface area contributed by atoms with Crippen LogP contribution in [0, 0.1) is 0 Å². The van der Waals surface area contributed by atoms with Crippen LogP contribution in [0.2, 0.25) is 0 Å². The van der Waals surface area contributed by atoms with Crippen LogP contribution in [-0.4, -0.2) is 14.5 Å². The first-order valence-corrected chi connectivity index (χ1v) is 9.19. The molecule has 2 aromatic carbocycles. The molecule has 0 amide bonds. The molecular formula is C22H19N3O2. The van der Waals surface area contributed by atoms with Gasteiger partial charge in [0.05, 0.1) is 5.52 Å². The number of fused-ring (bicyclic) bond motifs is 1. The molecule has 27 heavy (non-hydrogen) atoms. The molecule has 0 bridgehead atoms. The van der Waals surface area contributed by atoms with Crippen molar-refractivity contribution in [3.05, 3.63) is 73.2 Å². The first-order chi connectivity index (χ1) is 13.4. The molecular weight excluding hydrogens is 338 g/mol. The molecule has 1 saturated carbocycles. The molecule has 2 aromatic heterocycles. The Bertz CT molecular complexity index is 1050. The van der Waals surface area contributed by atoms with Crippen LogP contribution in [0.25, 0.3) is 11.0 Å². The van der Waals surface area contributed by atoms with Gasteiger partial charge in [-0.2, -0.15) is 4.98 Å². The Morgan fingerprint density at radius 2 is 1.48 bits per heavy atom. The molecule has 1 aliphatic rings. The third-order valence-electron chi connectivity index (χ3n) is 4.95. The molecule has 5 nitrogen and oxygen atoms in total. The quantitative estimate of drug-likeness (QED) is 0.457. The molecule has 1 aliphatic carbocycles. The number of nitrogens with zero attached hydrogens (tertiary/aromatic N) is 3. The van der Waals surface area contributed by atoms with Crippen molar-refractivity contribution in [2.45, 2.75) is 25.3 Å². The van der Waals surface area contributed by atoms with Crippen LogP contribution >= 0.6 is 0 Å². The standard InChI is InChI=1S/C22H19N3O2/c1-2-7-17(8-3-1)26-18-9-11-19(12-10-18)27-22-21-20(23-15-24-22)13-14-25(21)16-5-4-6-16/h1-3,7-16H,4-6H2. The molecule has 0 atom stereocenters. The Balaban J connectivity index is 1.39. The summed E-state index contributed by atoms with van der Waals surface area (Å²) in [5.74, 6) is 2.88. The number of rotatable bonds is 5. The maximum absolute atomic E-state index is 6.09. The van der Waals surface area contributed by atoms with E-state index >= 15 is 0 Å². The molecule has 5 rings (SSSR count). The van der Waals surface area contributed by atoms with E-state index in [2.05, 4.69) is 20.7 Å². The van der Waals surface area contributed by atoms with E-state index in [1.165, 1.54) is 19.3 Å². The van der Waals surface area contributed by atoms with Crippen molar-refractivity contribution in [1.82, 2.24) is 14.5 Å². The Morgan fingerprint density at radius 1 is 0.778 bits per heavy atom. The van der Waals surface area contributed by atoms with Gasteiger partial charge in [0.15, 0.2) is 0 Å². The van der Waals surface area contributed by atoms with Crippen molar-refractivity contribution in [2.24, 2.45) is 0 Å². The zero-order valence-electron chi connectivity index (χ0n) is 14.8. The molecule has 0 unspecified atom stereocenters. The van der Waals surface area contributed by atoms with Crippen molar-refractivity contribution in [3.63, 3.8) is 0 Å². The molecule has 1 fully saturated rings. The van der Waals surface area contributed by atoms with E-state index < -0.39 is 0 Å². The summed E-state index contributed by atoms with van der Waals surface area (Å²) in [6.45, 7) is 0. The second-order valence-electron chi connectivity index (χ2n) is 6.71. The third kappa shape index (κ3) is 3.12. The topological polar surface area (TPSA) is 49.2 Å². The number of hydrogen-bond acceptors (Lipinski definition) is 4. The van der Waals surface area contributed by atoms with Crippen molar-refractivity contribution < 1.29 is 9.47 Å². The molecule has 0 saturated heterocycles. The second-order valence-corrected chi connectivity index (χ2v) is 6.71. The van der Waals surface area contributed by atoms with Crippen LogP contribution in [0.5, 0.6) is 23.1 Å². The van der Waals surface area contributed by atoms with Crippen molar-refractivity contribution in [2.75, 3.05) is 0 Å². The molecule has 0 spiro atoms. The van der Waals surface area contributed by atoms with Crippen LogP contribution in [0.15, 0.2) is 73.2 Å². The van der Waals surface area contributed by atoms with E-state index in [-0.39, 0.29) is 0 Å². The lowest BCUT2D eigenvalue weighted by molar-refractivity contribution is 0.319. The Morgan fingerprint density at radius 3 is 2.19 bits per heavy atom. The molecule has 0 radical (unpaired) electrons. The number of hydrogen-bond donors (Lipinski definition) is 0.